The van der Waals surface area contributed by atoms with Crippen LogP contribution in [0, 0.1) is 0 Å². The lowest BCUT2D eigenvalue weighted by Crippen LogP contribution is -2.15. The highest BCUT2D eigenvalue weighted by atomic mass is 32.1. The van der Waals surface area contributed by atoms with Crippen molar-refractivity contribution >= 4 is 45.6 Å². The Labute approximate surface area is 165 Å². The van der Waals surface area contributed by atoms with Crippen LogP contribution in [-0.4, -0.2) is 22.7 Å². The summed E-state index contributed by atoms with van der Waals surface area (Å²) in [6.45, 7) is 1.42. The first-order chi connectivity index (χ1) is 13.5. The second kappa shape index (κ2) is 8.92. The zero-order valence-corrected chi connectivity index (χ0v) is 15.9. The molecule has 1 aromatic heterocycles. The lowest BCUT2D eigenvalue weighted by molar-refractivity contribution is -0.116. The molecular weight excluding hydrogens is 376 g/mol. The maximum Gasteiger partial charge on any atom is 0.275 e. The zero-order valence-electron chi connectivity index (χ0n) is 15.1. The van der Waals surface area contributed by atoms with Crippen molar-refractivity contribution in [2.24, 2.45) is 0 Å². The van der Waals surface area contributed by atoms with E-state index < -0.39 is 0 Å². The quantitative estimate of drug-likeness (QED) is 0.595. The summed E-state index contributed by atoms with van der Waals surface area (Å²) in [6.07, 6.45) is 0.239. The number of anilines is 3. The smallest absolute Gasteiger partial charge is 0.275 e. The molecule has 0 bridgehead atoms. The van der Waals surface area contributed by atoms with Gasteiger partial charge in [-0.05, 0) is 29.8 Å². The fraction of sp³-hybridized carbons (Fsp3) is 0.100. The van der Waals surface area contributed by atoms with Gasteiger partial charge in [0, 0.05) is 23.7 Å². The van der Waals surface area contributed by atoms with Gasteiger partial charge in [0.2, 0.25) is 11.8 Å². The zero-order chi connectivity index (χ0) is 19.9. The van der Waals surface area contributed by atoms with Crippen LogP contribution in [0.2, 0.25) is 0 Å². The highest BCUT2D eigenvalue weighted by Gasteiger charge is 2.13. The van der Waals surface area contributed by atoms with Crippen LogP contribution in [0.5, 0.6) is 0 Å². The van der Waals surface area contributed by atoms with Crippen molar-refractivity contribution in [2.75, 3.05) is 16.0 Å². The van der Waals surface area contributed by atoms with Crippen LogP contribution < -0.4 is 16.0 Å². The first kappa shape index (κ1) is 19.2. The van der Waals surface area contributed by atoms with Crippen LogP contribution in [-0.2, 0) is 16.0 Å². The molecule has 0 saturated carbocycles. The Kier molecular flexibility index (Phi) is 6.13. The van der Waals surface area contributed by atoms with Gasteiger partial charge in [-0.3, -0.25) is 14.4 Å². The first-order valence-electron chi connectivity index (χ1n) is 8.48. The van der Waals surface area contributed by atoms with Crippen LogP contribution in [0.25, 0.3) is 0 Å². The monoisotopic (exact) mass is 394 g/mol. The van der Waals surface area contributed by atoms with E-state index in [0.717, 1.165) is 5.56 Å². The Morgan fingerprint density at radius 3 is 2.18 bits per heavy atom. The van der Waals surface area contributed by atoms with E-state index in [1.54, 1.807) is 29.6 Å². The number of carbonyl (C=O) groups excluding carboxylic acids is 3. The Morgan fingerprint density at radius 2 is 1.54 bits per heavy atom. The van der Waals surface area contributed by atoms with Crippen molar-refractivity contribution in [2.45, 2.75) is 13.3 Å². The van der Waals surface area contributed by atoms with Crippen molar-refractivity contribution in [1.29, 1.82) is 0 Å². The van der Waals surface area contributed by atoms with Gasteiger partial charge in [-0.2, -0.15) is 0 Å². The summed E-state index contributed by atoms with van der Waals surface area (Å²) in [5.41, 5.74) is 2.33. The lowest BCUT2D eigenvalue weighted by Gasteiger charge is -2.05. The molecule has 0 spiro atoms. The van der Waals surface area contributed by atoms with Gasteiger partial charge in [-0.15, -0.1) is 11.3 Å². The maximum atomic E-state index is 12.3. The van der Waals surface area contributed by atoms with Gasteiger partial charge in [0.25, 0.3) is 5.91 Å². The van der Waals surface area contributed by atoms with E-state index in [1.165, 1.54) is 18.3 Å². The maximum absolute atomic E-state index is 12.3. The summed E-state index contributed by atoms with van der Waals surface area (Å²) >= 11 is 1.19. The fourth-order valence-corrected chi connectivity index (χ4v) is 3.12. The number of hydrogen-bond donors (Lipinski definition) is 3. The Balaban J connectivity index is 1.56. The number of rotatable bonds is 6. The van der Waals surface area contributed by atoms with E-state index in [-0.39, 0.29) is 29.8 Å². The van der Waals surface area contributed by atoms with Crippen molar-refractivity contribution in [3.63, 3.8) is 0 Å². The summed E-state index contributed by atoms with van der Waals surface area (Å²) < 4.78 is 0. The minimum Gasteiger partial charge on any atom is -0.326 e. The van der Waals surface area contributed by atoms with E-state index in [9.17, 15) is 14.4 Å². The summed E-state index contributed by atoms with van der Waals surface area (Å²) in [5, 5.41) is 10.0. The van der Waals surface area contributed by atoms with E-state index in [2.05, 4.69) is 20.9 Å². The van der Waals surface area contributed by atoms with E-state index in [1.807, 2.05) is 30.3 Å². The Morgan fingerprint density at radius 1 is 0.893 bits per heavy atom. The molecule has 3 aromatic rings. The number of aromatic nitrogens is 1. The highest BCUT2D eigenvalue weighted by Crippen LogP contribution is 2.18. The topological polar surface area (TPSA) is 100 Å². The Bertz CT molecular complexity index is 984. The molecule has 28 heavy (non-hydrogen) atoms. The van der Waals surface area contributed by atoms with Crippen LogP contribution >= 0.6 is 11.3 Å². The van der Waals surface area contributed by atoms with Gasteiger partial charge in [0.15, 0.2) is 5.13 Å². The Hall–Kier alpha value is -3.52. The average Bonchev–Trinajstić information content (AvgIpc) is 3.12. The average molecular weight is 394 g/mol. The highest BCUT2D eigenvalue weighted by molar-refractivity contribution is 7.14. The predicted molar refractivity (Wildman–Crippen MR) is 110 cm³/mol. The molecule has 2 aromatic carbocycles. The minimum atomic E-state index is -0.382. The molecule has 7 nitrogen and oxygen atoms in total. The van der Waals surface area contributed by atoms with Crippen LogP contribution in [0.4, 0.5) is 16.5 Å². The number of amides is 3. The van der Waals surface area contributed by atoms with Gasteiger partial charge >= 0.3 is 0 Å². The largest absolute Gasteiger partial charge is 0.326 e. The number of nitrogens with one attached hydrogen (secondary N) is 3. The van der Waals surface area contributed by atoms with Gasteiger partial charge in [0.1, 0.15) is 5.69 Å². The van der Waals surface area contributed by atoms with Gasteiger partial charge in [0.05, 0.1) is 6.42 Å². The van der Waals surface area contributed by atoms with Gasteiger partial charge < -0.3 is 16.0 Å². The number of carbonyl (C=O) groups is 3. The normalized spacial score (nSPS) is 10.2. The number of thiazole rings is 1. The number of nitrogens with zero attached hydrogens (tertiary/aromatic N) is 1. The molecular formula is C20H18N4O3S. The first-order valence-corrected chi connectivity index (χ1v) is 9.36. The molecule has 0 aliphatic rings. The molecule has 0 saturated heterocycles. The molecule has 0 atom stereocenters. The third-order valence-electron chi connectivity index (χ3n) is 3.65. The summed E-state index contributed by atoms with van der Waals surface area (Å²) in [6, 6.07) is 16.1. The van der Waals surface area contributed by atoms with Gasteiger partial charge in [-0.1, -0.05) is 30.3 Å². The second-order valence-electron chi connectivity index (χ2n) is 5.96. The van der Waals surface area contributed by atoms with Crippen LogP contribution in [0.1, 0.15) is 23.0 Å². The molecule has 0 aliphatic carbocycles. The third kappa shape index (κ3) is 5.49. The van der Waals surface area contributed by atoms with E-state index >= 15 is 0 Å². The van der Waals surface area contributed by atoms with Gasteiger partial charge in [-0.25, -0.2) is 4.98 Å². The summed E-state index contributed by atoms with van der Waals surface area (Å²) in [7, 11) is 0. The van der Waals surface area contributed by atoms with Crippen LogP contribution in [0.3, 0.4) is 0 Å². The standard InChI is InChI=1S/C20H18N4O3S/c1-13(25)21-15-7-9-16(10-8-15)22-19(27)17-12-28-20(23-17)24-18(26)11-14-5-3-2-4-6-14/h2-10,12H,11H2,1H3,(H,21,25)(H,22,27)(H,23,24,26). The van der Waals surface area contributed by atoms with E-state index in [4.69, 9.17) is 0 Å². The molecule has 0 unspecified atom stereocenters. The SMILES string of the molecule is CC(=O)Nc1ccc(NC(=O)c2csc(NC(=O)Cc3ccccc3)n2)cc1. The summed E-state index contributed by atoms with van der Waals surface area (Å²) in [4.78, 5) is 39.6. The van der Waals surface area contributed by atoms with Crippen molar-refractivity contribution in [3.05, 3.63) is 71.2 Å². The lowest BCUT2D eigenvalue weighted by atomic mass is 10.1. The van der Waals surface area contributed by atoms with Crippen molar-refractivity contribution in [3.8, 4) is 0 Å². The molecule has 1 heterocycles. The molecule has 142 valence electrons. The number of benzene rings is 2. The fourth-order valence-electron chi connectivity index (χ4n) is 2.42. The number of hydrogen-bond acceptors (Lipinski definition) is 5. The van der Waals surface area contributed by atoms with E-state index in [0.29, 0.717) is 16.5 Å². The minimum absolute atomic E-state index is 0.166. The summed E-state index contributed by atoms with van der Waals surface area (Å²) in [5.74, 6) is -0.741. The molecule has 3 N–H and O–H groups in total. The van der Waals surface area contributed by atoms with Crippen LogP contribution in [0.15, 0.2) is 60.0 Å². The molecule has 0 fully saturated rings. The molecule has 8 heteroatoms. The second-order valence-corrected chi connectivity index (χ2v) is 6.82. The van der Waals surface area contributed by atoms with Crippen molar-refractivity contribution in [1.82, 2.24) is 4.98 Å². The third-order valence-corrected chi connectivity index (χ3v) is 4.41. The molecule has 0 radical (unpaired) electrons. The molecule has 0 aliphatic heterocycles. The predicted octanol–water partition coefficient (Wildman–Crippen LogP) is 3.54. The molecule has 3 rings (SSSR count). The molecule has 3 amide bonds. The van der Waals surface area contributed by atoms with Crippen molar-refractivity contribution < 1.29 is 14.4 Å².